The van der Waals surface area contributed by atoms with Crippen LogP contribution in [0.25, 0.3) is 0 Å². The predicted molar refractivity (Wildman–Crippen MR) is 189 cm³/mol. The van der Waals surface area contributed by atoms with E-state index in [1.165, 1.54) is 20.2 Å². The molecule has 1 amide bonds. The Labute approximate surface area is 301 Å². The van der Waals surface area contributed by atoms with Crippen molar-refractivity contribution in [3.05, 3.63) is 35.9 Å². The second-order valence-corrected chi connectivity index (χ2v) is 15.2. The fraction of sp³-hybridized carbons (Fsp3) is 0.711. The molecule has 3 fully saturated rings. The van der Waals surface area contributed by atoms with E-state index in [0.29, 0.717) is 6.42 Å². The highest BCUT2D eigenvalue weighted by molar-refractivity contribution is 6.00. The molecule has 13 heteroatoms. The Morgan fingerprint density at radius 3 is 2.25 bits per heavy atom. The first-order valence-electron chi connectivity index (χ1n) is 18.0. The highest BCUT2D eigenvalue weighted by Gasteiger charge is 2.61. The molecule has 0 saturated carbocycles. The Morgan fingerprint density at radius 2 is 1.67 bits per heavy atom. The van der Waals surface area contributed by atoms with E-state index in [9.17, 15) is 24.3 Å². The number of hydrogen-bond donors (Lipinski definition) is 1. The number of hydrazone groups is 1. The molecule has 3 aliphatic rings. The van der Waals surface area contributed by atoms with Crippen LogP contribution in [0.3, 0.4) is 0 Å². The number of rotatable bonds is 7. The molecular formula is C38H57N3O10. The minimum atomic E-state index is -1.49. The average molecular weight is 716 g/mol. The maximum Gasteiger partial charge on any atom is 0.431 e. The van der Waals surface area contributed by atoms with Crippen molar-refractivity contribution in [2.75, 3.05) is 21.2 Å². The first-order valence-corrected chi connectivity index (χ1v) is 18.0. The summed E-state index contributed by atoms with van der Waals surface area (Å²) < 4.78 is 30.8. The summed E-state index contributed by atoms with van der Waals surface area (Å²) in [5.41, 5.74) is -2.04. The molecule has 0 spiro atoms. The van der Waals surface area contributed by atoms with Crippen LogP contribution in [0.15, 0.2) is 35.4 Å². The fourth-order valence-electron chi connectivity index (χ4n) is 8.13. The molecule has 0 aliphatic carbocycles. The molecule has 3 aliphatic heterocycles. The monoisotopic (exact) mass is 715 g/mol. The average Bonchev–Trinajstić information content (AvgIpc) is 3.36. The summed E-state index contributed by atoms with van der Waals surface area (Å²) in [6.07, 6.45) is -2.88. The molecule has 1 aromatic carbocycles. The van der Waals surface area contributed by atoms with E-state index in [0.717, 1.165) is 10.6 Å². The number of fused-ring (bicyclic) bond motifs is 1. The standard InChI is InChI=1S/C38H57N3O10/c1-12-28-38(8)32(41(36(46)51-38)39-20-26-16-14-13-15-17-26)23(4)29(42)21(2)19-37(7,47-11)33(24(5)30(43)25(6)34(45)49-28)50-35-31(44)27(40(9)10)18-22(3)48-35/h13-17,20-25,27-28,31-33,35,44H,12,18-19H2,1-11H3/b39-20+/t21-,22-,23-,24+,25-,27+,28+,31-,32-,33-,35+,37-,38-/m1/s1. The molecule has 51 heavy (non-hydrogen) atoms. The van der Waals surface area contributed by atoms with Gasteiger partial charge in [-0.25, -0.2) is 4.79 Å². The molecule has 1 N–H and O–H groups in total. The van der Waals surface area contributed by atoms with Crippen LogP contribution in [0.5, 0.6) is 0 Å². The van der Waals surface area contributed by atoms with E-state index in [1.807, 2.05) is 56.3 Å². The number of aliphatic hydroxyl groups excluding tert-OH is 1. The zero-order chi connectivity index (χ0) is 38.0. The zero-order valence-corrected chi connectivity index (χ0v) is 31.9. The van der Waals surface area contributed by atoms with Crippen molar-refractivity contribution in [3.8, 4) is 0 Å². The van der Waals surface area contributed by atoms with Gasteiger partial charge in [0.05, 0.1) is 24.0 Å². The minimum absolute atomic E-state index is 0.103. The second kappa shape index (κ2) is 16.2. The molecule has 1 aromatic rings. The van der Waals surface area contributed by atoms with Crippen LogP contribution in [0.1, 0.15) is 80.2 Å². The topological polar surface area (TPSA) is 154 Å². The zero-order valence-electron chi connectivity index (χ0n) is 31.9. The van der Waals surface area contributed by atoms with Gasteiger partial charge >= 0.3 is 12.1 Å². The van der Waals surface area contributed by atoms with Crippen LogP contribution in [0.2, 0.25) is 0 Å². The smallest absolute Gasteiger partial charge is 0.431 e. The van der Waals surface area contributed by atoms with Crippen LogP contribution < -0.4 is 0 Å². The summed E-state index contributed by atoms with van der Waals surface area (Å²) in [5, 5.41) is 17.0. The van der Waals surface area contributed by atoms with Crippen molar-refractivity contribution < 1.29 is 48.0 Å². The van der Waals surface area contributed by atoms with Gasteiger partial charge in [-0.2, -0.15) is 10.1 Å². The van der Waals surface area contributed by atoms with E-state index < -0.39 is 83.4 Å². The lowest BCUT2D eigenvalue weighted by molar-refractivity contribution is -0.295. The van der Waals surface area contributed by atoms with Crippen LogP contribution >= 0.6 is 0 Å². The van der Waals surface area contributed by atoms with Crippen molar-refractivity contribution in [2.24, 2.45) is 28.8 Å². The molecule has 4 rings (SSSR count). The number of carbonyl (C=O) groups is 4. The summed E-state index contributed by atoms with van der Waals surface area (Å²) >= 11 is 0. The molecule has 0 aromatic heterocycles. The number of likely N-dealkylation sites (N-methyl/N-ethyl adjacent to an activating group) is 1. The van der Waals surface area contributed by atoms with Crippen LogP contribution in [-0.2, 0) is 38.1 Å². The number of benzene rings is 1. The normalized spacial score (nSPS) is 40.3. The number of ketones is 2. The molecule has 3 heterocycles. The first kappa shape index (κ1) is 40.5. The molecule has 13 atom stereocenters. The molecule has 0 bridgehead atoms. The maximum absolute atomic E-state index is 14.5. The van der Waals surface area contributed by atoms with Crippen molar-refractivity contribution in [3.63, 3.8) is 0 Å². The molecular weight excluding hydrogens is 658 g/mol. The predicted octanol–water partition coefficient (Wildman–Crippen LogP) is 4.22. The minimum Gasteiger partial charge on any atom is -0.457 e. The number of carbonyl (C=O) groups excluding carboxylic acids is 4. The fourth-order valence-corrected chi connectivity index (χ4v) is 8.13. The molecule has 13 nitrogen and oxygen atoms in total. The number of aliphatic hydroxyl groups is 1. The maximum atomic E-state index is 14.5. The van der Waals surface area contributed by atoms with Gasteiger partial charge in [0, 0.05) is 30.9 Å². The number of esters is 1. The molecule has 0 unspecified atom stereocenters. The molecule has 3 saturated heterocycles. The van der Waals surface area contributed by atoms with Crippen LogP contribution in [0, 0.1) is 23.7 Å². The Kier molecular flexibility index (Phi) is 12.9. The van der Waals surface area contributed by atoms with E-state index >= 15 is 0 Å². The van der Waals surface area contributed by atoms with E-state index in [-0.39, 0.29) is 30.8 Å². The summed E-state index contributed by atoms with van der Waals surface area (Å²) in [4.78, 5) is 58.0. The van der Waals surface area contributed by atoms with Gasteiger partial charge in [-0.1, -0.05) is 58.0 Å². The second-order valence-electron chi connectivity index (χ2n) is 15.2. The number of Topliss-reactive ketones (excluding diaryl/α,β-unsaturated/α-hetero) is 2. The number of cyclic esters (lactones) is 1. The summed E-state index contributed by atoms with van der Waals surface area (Å²) in [5.74, 6) is -5.21. The Bertz CT molecular complexity index is 1440. The van der Waals surface area contributed by atoms with Crippen molar-refractivity contribution in [2.45, 2.75) is 129 Å². The largest absolute Gasteiger partial charge is 0.457 e. The summed E-state index contributed by atoms with van der Waals surface area (Å²) in [6.45, 7) is 13.7. The van der Waals surface area contributed by atoms with E-state index in [1.54, 1.807) is 41.5 Å². The van der Waals surface area contributed by atoms with Crippen molar-refractivity contribution in [1.29, 1.82) is 0 Å². The van der Waals surface area contributed by atoms with Gasteiger partial charge in [0.2, 0.25) is 0 Å². The van der Waals surface area contributed by atoms with Crippen molar-refractivity contribution >= 4 is 29.8 Å². The van der Waals surface area contributed by atoms with Gasteiger partial charge < -0.3 is 33.7 Å². The lowest BCUT2D eigenvalue weighted by Gasteiger charge is -2.47. The highest BCUT2D eigenvalue weighted by Crippen LogP contribution is 2.43. The van der Waals surface area contributed by atoms with E-state index in [4.69, 9.17) is 23.7 Å². The number of amides is 1. The number of hydrogen-bond acceptors (Lipinski definition) is 12. The lowest BCUT2D eigenvalue weighted by atomic mass is 9.73. The number of ether oxygens (including phenoxy) is 5. The number of nitrogens with zero attached hydrogens (tertiary/aromatic N) is 3. The van der Waals surface area contributed by atoms with Gasteiger partial charge in [0.15, 0.2) is 17.7 Å². The molecule has 0 radical (unpaired) electrons. The van der Waals surface area contributed by atoms with Crippen LogP contribution in [-0.4, -0.2) is 120 Å². The Hall–Kier alpha value is -3.23. The summed E-state index contributed by atoms with van der Waals surface area (Å²) in [6, 6.07) is 7.94. The van der Waals surface area contributed by atoms with Gasteiger partial charge in [-0.15, -0.1) is 0 Å². The summed E-state index contributed by atoms with van der Waals surface area (Å²) in [7, 11) is 5.21. The van der Waals surface area contributed by atoms with Gasteiger partial charge in [-0.05, 0) is 66.6 Å². The molecule has 284 valence electrons. The third-order valence-electron chi connectivity index (χ3n) is 11.2. The van der Waals surface area contributed by atoms with Crippen LogP contribution in [0.4, 0.5) is 4.79 Å². The first-order chi connectivity index (χ1) is 23.9. The highest BCUT2D eigenvalue weighted by atomic mass is 16.7. The third kappa shape index (κ3) is 8.22. The SMILES string of the molecule is CC[C@@H]1OC(=O)[C@H](C)C(=O)[C@H](C)[C@@H](O[C@@H]2O[C@H](C)C[C@H](N(C)C)[C@H]2O)[C@](C)(OC)C[C@@H](C)C(=O)[C@@H](C)[C@H]2N(/N=C/c3ccccc3)C(=O)O[C@]12C. The van der Waals surface area contributed by atoms with Gasteiger partial charge in [0.25, 0.3) is 0 Å². The van der Waals surface area contributed by atoms with Gasteiger partial charge in [-0.3, -0.25) is 14.4 Å². The number of methoxy groups -OCH3 is 1. The van der Waals surface area contributed by atoms with Crippen molar-refractivity contribution in [1.82, 2.24) is 9.91 Å². The quantitative estimate of drug-likeness (QED) is 0.245. The Balaban J connectivity index is 1.80. The van der Waals surface area contributed by atoms with Gasteiger partial charge in [0.1, 0.15) is 30.0 Å². The lowest BCUT2D eigenvalue weighted by Crippen LogP contribution is -2.60. The van der Waals surface area contributed by atoms with E-state index in [2.05, 4.69) is 5.10 Å². The Morgan fingerprint density at radius 1 is 1.02 bits per heavy atom. The third-order valence-corrected chi connectivity index (χ3v) is 11.2.